The van der Waals surface area contributed by atoms with Crippen LogP contribution in [0.3, 0.4) is 0 Å². The maximum absolute atomic E-state index is 11.1. The Bertz CT molecular complexity index is 1080. The van der Waals surface area contributed by atoms with Crippen LogP contribution < -0.4 is 0 Å². The van der Waals surface area contributed by atoms with Crippen molar-refractivity contribution in [3.05, 3.63) is 86.7 Å². The van der Waals surface area contributed by atoms with Gasteiger partial charge in [-0.2, -0.15) is 0 Å². The molecule has 2 aromatic carbocycles. The minimum absolute atomic E-state index is 0.0871. The van der Waals surface area contributed by atoms with Gasteiger partial charge in [0.05, 0.1) is 10.6 Å². The van der Waals surface area contributed by atoms with Crippen molar-refractivity contribution in [3.8, 4) is 5.69 Å². The van der Waals surface area contributed by atoms with Crippen LogP contribution in [-0.4, -0.2) is 15.7 Å². The fourth-order valence-corrected chi connectivity index (χ4v) is 3.44. The smallest absolute Gasteiger partial charge is 0.274 e. The minimum Gasteiger partial charge on any atom is -0.318 e. The van der Waals surface area contributed by atoms with E-state index in [2.05, 4.69) is 74.5 Å². The Morgan fingerprint density at radius 3 is 2.24 bits per heavy atom. The van der Waals surface area contributed by atoms with Crippen molar-refractivity contribution in [1.29, 1.82) is 0 Å². The summed E-state index contributed by atoms with van der Waals surface area (Å²) >= 11 is 0. The summed E-state index contributed by atoms with van der Waals surface area (Å²) in [4.78, 5) is 15.2. The fourth-order valence-electron chi connectivity index (χ4n) is 3.44. The summed E-state index contributed by atoms with van der Waals surface area (Å²) in [6.07, 6.45) is 1.77. The molecule has 0 aliphatic heterocycles. The summed E-state index contributed by atoms with van der Waals surface area (Å²) in [6, 6.07) is 15.7. The quantitative estimate of drug-likeness (QED) is 0.296. The highest BCUT2D eigenvalue weighted by Crippen LogP contribution is 2.27. The van der Waals surface area contributed by atoms with Crippen LogP contribution in [0, 0.1) is 30.9 Å². The Hall–Kier alpha value is -3.21. The average Bonchev–Trinajstić information content (AvgIpc) is 2.93. The van der Waals surface area contributed by atoms with Crippen molar-refractivity contribution >= 4 is 17.6 Å². The zero-order valence-electron chi connectivity index (χ0n) is 17.9. The molecular formula is C24H27N3O2. The molecule has 0 saturated heterocycles. The van der Waals surface area contributed by atoms with Gasteiger partial charge >= 0.3 is 0 Å². The number of aromatic nitrogens is 1. The normalized spacial score (nSPS) is 11.9. The van der Waals surface area contributed by atoms with Crippen molar-refractivity contribution in [2.45, 2.75) is 47.0 Å². The van der Waals surface area contributed by atoms with Gasteiger partial charge in [0.15, 0.2) is 0 Å². The number of hydrogen-bond donors (Lipinski definition) is 0. The van der Waals surface area contributed by atoms with Crippen LogP contribution in [0.25, 0.3) is 5.69 Å². The number of aryl methyl sites for hydroxylation is 2. The molecule has 0 fully saturated rings. The average molecular weight is 389 g/mol. The summed E-state index contributed by atoms with van der Waals surface area (Å²) in [7, 11) is 0. The molecule has 0 spiro atoms. The number of nitro benzene ring substituents is 1. The number of rotatable bonds is 4. The lowest BCUT2D eigenvalue weighted by molar-refractivity contribution is -0.385. The van der Waals surface area contributed by atoms with E-state index in [1.54, 1.807) is 25.3 Å². The fraction of sp³-hybridized carbons (Fsp3) is 0.292. The standard InChI is InChI=1S/C24H27N3O2/c1-16-7-10-21(14-23(16)27(28)29)25-15-19-13-17(2)26(18(19)3)22-11-8-20(9-12-22)24(4,5)6/h7-15H,1-6H3. The Balaban J connectivity index is 1.93. The number of benzene rings is 2. The van der Waals surface area contributed by atoms with Crippen LogP contribution in [0.4, 0.5) is 11.4 Å². The first kappa shape index (κ1) is 20.5. The number of aliphatic imine (C=N–C) groups is 1. The molecule has 5 heteroatoms. The lowest BCUT2D eigenvalue weighted by Gasteiger charge is -2.20. The molecule has 0 atom stereocenters. The summed E-state index contributed by atoms with van der Waals surface area (Å²) in [5, 5.41) is 11.1. The molecule has 0 aliphatic carbocycles. The first-order valence-corrected chi connectivity index (χ1v) is 9.67. The predicted octanol–water partition coefficient (Wildman–Crippen LogP) is 6.36. The van der Waals surface area contributed by atoms with Crippen molar-refractivity contribution in [2.75, 3.05) is 0 Å². The van der Waals surface area contributed by atoms with Gasteiger partial charge in [-0.15, -0.1) is 0 Å². The molecule has 0 N–H and O–H groups in total. The van der Waals surface area contributed by atoms with Crippen molar-refractivity contribution in [3.63, 3.8) is 0 Å². The second-order valence-corrected chi connectivity index (χ2v) is 8.44. The second-order valence-electron chi connectivity index (χ2n) is 8.44. The van der Waals surface area contributed by atoms with Gasteiger partial charge in [0.1, 0.15) is 0 Å². The Labute approximate surface area is 171 Å². The SMILES string of the molecule is Cc1ccc(N=Cc2cc(C)n(-c3ccc(C(C)(C)C)cc3)c2C)cc1[N+](=O)[O-]. The Kier molecular flexibility index (Phi) is 5.42. The largest absolute Gasteiger partial charge is 0.318 e. The van der Waals surface area contributed by atoms with E-state index in [1.165, 1.54) is 11.6 Å². The zero-order chi connectivity index (χ0) is 21.3. The van der Waals surface area contributed by atoms with Crippen molar-refractivity contribution < 1.29 is 4.92 Å². The molecule has 5 nitrogen and oxygen atoms in total. The molecule has 0 amide bonds. The van der Waals surface area contributed by atoms with E-state index < -0.39 is 0 Å². The maximum Gasteiger partial charge on any atom is 0.274 e. The van der Waals surface area contributed by atoms with Crippen LogP contribution in [0.2, 0.25) is 0 Å². The third-order valence-corrected chi connectivity index (χ3v) is 5.20. The Morgan fingerprint density at radius 2 is 1.66 bits per heavy atom. The third-order valence-electron chi connectivity index (χ3n) is 5.20. The number of nitro groups is 1. The van der Waals surface area contributed by atoms with Gasteiger partial charge in [0, 0.05) is 40.5 Å². The van der Waals surface area contributed by atoms with E-state index in [0.29, 0.717) is 11.3 Å². The Morgan fingerprint density at radius 1 is 1.00 bits per heavy atom. The molecule has 150 valence electrons. The van der Waals surface area contributed by atoms with Gasteiger partial charge in [-0.3, -0.25) is 15.1 Å². The lowest BCUT2D eigenvalue weighted by atomic mass is 9.87. The molecule has 1 aromatic heterocycles. The highest BCUT2D eigenvalue weighted by atomic mass is 16.6. The van der Waals surface area contributed by atoms with Gasteiger partial charge in [-0.1, -0.05) is 39.0 Å². The monoisotopic (exact) mass is 389 g/mol. The van der Waals surface area contributed by atoms with E-state index in [9.17, 15) is 10.1 Å². The van der Waals surface area contributed by atoms with E-state index in [0.717, 1.165) is 22.6 Å². The van der Waals surface area contributed by atoms with Crippen molar-refractivity contribution in [2.24, 2.45) is 4.99 Å². The molecule has 29 heavy (non-hydrogen) atoms. The molecule has 0 bridgehead atoms. The molecular weight excluding hydrogens is 362 g/mol. The van der Waals surface area contributed by atoms with Gasteiger partial charge < -0.3 is 4.57 Å². The van der Waals surface area contributed by atoms with Crippen LogP contribution >= 0.6 is 0 Å². The van der Waals surface area contributed by atoms with Gasteiger partial charge in [-0.25, -0.2) is 0 Å². The first-order valence-electron chi connectivity index (χ1n) is 9.67. The van der Waals surface area contributed by atoms with Gasteiger partial charge in [0.2, 0.25) is 0 Å². The van der Waals surface area contributed by atoms with E-state index in [1.807, 2.05) is 0 Å². The molecule has 0 saturated carbocycles. The van der Waals surface area contributed by atoms with Gasteiger partial charge in [0.25, 0.3) is 5.69 Å². The lowest BCUT2D eigenvalue weighted by Crippen LogP contribution is -2.11. The number of nitrogens with zero attached hydrogens (tertiary/aromatic N) is 3. The molecule has 3 aromatic rings. The van der Waals surface area contributed by atoms with Crippen LogP contribution in [0.5, 0.6) is 0 Å². The third kappa shape index (κ3) is 4.29. The van der Waals surface area contributed by atoms with Gasteiger partial charge in [-0.05, 0) is 56.0 Å². The molecule has 0 unspecified atom stereocenters. The summed E-state index contributed by atoms with van der Waals surface area (Å²) in [5.74, 6) is 0. The predicted molar refractivity (Wildman–Crippen MR) is 119 cm³/mol. The van der Waals surface area contributed by atoms with E-state index in [-0.39, 0.29) is 16.0 Å². The van der Waals surface area contributed by atoms with Crippen LogP contribution in [0.1, 0.15) is 48.8 Å². The number of hydrogen-bond acceptors (Lipinski definition) is 3. The molecule has 1 heterocycles. The van der Waals surface area contributed by atoms with Crippen molar-refractivity contribution in [1.82, 2.24) is 4.57 Å². The van der Waals surface area contributed by atoms with E-state index >= 15 is 0 Å². The van der Waals surface area contributed by atoms with Crippen LogP contribution in [-0.2, 0) is 5.41 Å². The topological polar surface area (TPSA) is 60.4 Å². The molecule has 3 rings (SSSR count). The minimum atomic E-state index is -0.374. The summed E-state index contributed by atoms with van der Waals surface area (Å²) in [5.41, 5.74) is 7.00. The highest BCUT2D eigenvalue weighted by Gasteiger charge is 2.15. The van der Waals surface area contributed by atoms with Crippen LogP contribution in [0.15, 0.2) is 53.5 Å². The first-order chi connectivity index (χ1) is 13.6. The highest BCUT2D eigenvalue weighted by molar-refractivity contribution is 5.84. The summed E-state index contributed by atoms with van der Waals surface area (Å²) < 4.78 is 2.20. The zero-order valence-corrected chi connectivity index (χ0v) is 17.9. The molecule has 0 radical (unpaired) electrons. The summed E-state index contributed by atoms with van der Waals surface area (Å²) in [6.45, 7) is 12.5. The van der Waals surface area contributed by atoms with E-state index in [4.69, 9.17) is 0 Å². The molecule has 0 aliphatic rings. The second kappa shape index (κ2) is 7.66. The maximum atomic E-state index is 11.1.